The average Bonchev–Trinajstić information content (AvgIpc) is 3.02. The van der Waals surface area contributed by atoms with Crippen LogP contribution in [0.2, 0.25) is 0 Å². The fourth-order valence-corrected chi connectivity index (χ4v) is 4.00. The zero-order chi connectivity index (χ0) is 15.4. The number of fused-ring (bicyclic) bond motifs is 1. The van der Waals surface area contributed by atoms with Crippen molar-refractivity contribution in [2.45, 2.75) is 25.7 Å². The van der Waals surface area contributed by atoms with Crippen molar-refractivity contribution >= 4 is 16.9 Å². The summed E-state index contributed by atoms with van der Waals surface area (Å²) in [6.45, 7) is 2.21. The molecule has 0 unspecified atom stereocenters. The van der Waals surface area contributed by atoms with Crippen molar-refractivity contribution in [3.63, 3.8) is 0 Å². The van der Waals surface area contributed by atoms with Crippen molar-refractivity contribution in [2.24, 2.45) is 0 Å². The number of anilines is 1. The standard InChI is InChI=1S/C18H18N4O/c23-16-12-5-3-9-22-8-2-4-11(15(12)22)10-13(16)17-20-14-6-1-7-19-18(14)21-17/h1,6-7,10,23H,2-5,8-9H2,(H,19,20,21). The van der Waals surface area contributed by atoms with E-state index in [1.807, 2.05) is 12.1 Å². The van der Waals surface area contributed by atoms with E-state index in [0.717, 1.165) is 49.0 Å². The van der Waals surface area contributed by atoms with E-state index < -0.39 is 0 Å². The molecule has 0 spiro atoms. The highest BCUT2D eigenvalue weighted by Gasteiger charge is 2.28. The first-order valence-electron chi connectivity index (χ1n) is 8.25. The number of H-pyrrole nitrogens is 1. The van der Waals surface area contributed by atoms with Gasteiger partial charge in [-0.3, -0.25) is 0 Å². The molecule has 5 heteroatoms. The molecule has 5 rings (SSSR count). The molecule has 5 nitrogen and oxygen atoms in total. The van der Waals surface area contributed by atoms with Gasteiger partial charge in [-0.25, -0.2) is 9.97 Å². The summed E-state index contributed by atoms with van der Waals surface area (Å²) in [6, 6.07) is 5.96. The number of aromatic hydroxyl groups is 1. The monoisotopic (exact) mass is 306 g/mol. The number of rotatable bonds is 1. The Morgan fingerprint density at radius 3 is 2.91 bits per heavy atom. The minimum atomic E-state index is 0.384. The molecule has 4 heterocycles. The number of nitrogens with one attached hydrogen (secondary N) is 1. The molecule has 0 fully saturated rings. The number of aryl methyl sites for hydroxylation is 1. The van der Waals surface area contributed by atoms with E-state index >= 15 is 0 Å². The minimum absolute atomic E-state index is 0.384. The van der Waals surface area contributed by atoms with Crippen LogP contribution in [0.5, 0.6) is 5.75 Å². The van der Waals surface area contributed by atoms with Crippen LogP contribution in [0.4, 0.5) is 5.69 Å². The van der Waals surface area contributed by atoms with Gasteiger partial charge in [-0.1, -0.05) is 0 Å². The van der Waals surface area contributed by atoms with Crippen molar-refractivity contribution in [1.82, 2.24) is 15.0 Å². The maximum Gasteiger partial charge on any atom is 0.178 e. The Labute approximate surface area is 134 Å². The van der Waals surface area contributed by atoms with E-state index in [2.05, 4.69) is 25.9 Å². The van der Waals surface area contributed by atoms with Gasteiger partial charge in [-0.2, -0.15) is 0 Å². The summed E-state index contributed by atoms with van der Waals surface area (Å²) in [5, 5.41) is 10.9. The number of benzene rings is 1. The van der Waals surface area contributed by atoms with Crippen molar-refractivity contribution < 1.29 is 5.11 Å². The van der Waals surface area contributed by atoms with Crippen molar-refractivity contribution in [3.8, 4) is 17.1 Å². The second-order valence-corrected chi connectivity index (χ2v) is 6.41. The van der Waals surface area contributed by atoms with Gasteiger partial charge in [-0.15, -0.1) is 0 Å². The summed E-state index contributed by atoms with van der Waals surface area (Å²) in [5.41, 5.74) is 6.10. The van der Waals surface area contributed by atoms with Crippen LogP contribution >= 0.6 is 0 Å². The Bertz CT molecular complexity index is 880. The molecule has 0 saturated heterocycles. The number of aromatic amines is 1. The van der Waals surface area contributed by atoms with Gasteiger partial charge in [0.2, 0.25) is 0 Å². The van der Waals surface area contributed by atoms with E-state index in [1.54, 1.807) is 6.20 Å². The quantitative estimate of drug-likeness (QED) is 0.725. The molecule has 0 saturated carbocycles. The minimum Gasteiger partial charge on any atom is -0.507 e. The fraction of sp³-hybridized carbons (Fsp3) is 0.333. The van der Waals surface area contributed by atoms with E-state index in [-0.39, 0.29) is 0 Å². The Morgan fingerprint density at radius 2 is 2.04 bits per heavy atom. The molecule has 0 aliphatic carbocycles. The van der Waals surface area contributed by atoms with E-state index in [9.17, 15) is 5.11 Å². The molecule has 2 aliphatic heterocycles. The fourth-order valence-electron chi connectivity index (χ4n) is 4.00. The molecular formula is C18H18N4O. The zero-order valence-corrected chi connectivity index (χ0v) is 12.8. The normalized spacial score (nSPS) is 16.6. The van der Waals surface area contributed by atoms with Gasteiger partial charge < -0.3 is 15.0 Å². The van der Waals surface area contributed by atoms with Gasteiger partial charge in [-0.05, 0) is 49.4 Å². The summed E-state index contributed by atoms with van der Waals surface area (Å²) in [6.07, 6.45) is 6.03. The highest BCUT2D eigenvalue weighted by atomic mass is 16.3. The lowest BCUT2D eigenvalue weighted by atomic mass is 9.89. The molecule has 0 radical (unpaired) electrons. The molecule has 2 N–H and O–H groups in total. The lowest BCUT2D eigenvalue weighted by Crippen LogP contribution is -2.34. The van der Waals surface area contributed by atoms with Crippen molar-refractivity contribution in [2.75, 3.05) is 18.0 Å². The van der Waals surface area contributed by atoms with Gasteiger partial charge in [0, 0.05) is 30.5 Å². The maximum absolute atomic E-state index is 10.9. The summed E-state index contributed by atoms with van der Waals surface area (Å²) in [7, 11) is 0. The number of imidazole rings is 1. The summed E-state index contributed by atoms with van der Waals surface area (Å²) in [5.74, 6) is 1.09. The Balaban J connectivity index is 1.74. The van der Waals surface area contributed by atoms with Crippen LogP contribution < -0.4 is 4.90 Å². The number of aromatic nitrogens is 3. The van der Waals surface area contributed by atoms with E-state index in [1.165, 1.54) is 17.7 Å². The summed E-state index contributed by atoms with van der Waals surface area (Å²) in [4.78, 5) is 14.6. The smallest absolute Gasteiger partial charge is 0.178 e. The number of hydrogen-bond acceptors (Lipinski definition) is 4. The van der Waals surface area contributed by atoms with Crippen LogP contribution in [0.15, 0.2) is 24.4 Å². The lowest BCUT2D eigenvalue weighted by molar-refractivity contribution is 0.464. The highest BCUT2D eigenvalue weighted by molar-refractivity contribution is 5.82. The lowest BCUT2D eigenvalue weighted by Gasteiger charge is -2.37. The van der Waals surface area contributed by atoms with Gasteiger partial charge >= 0.3 is 0 Å². The van der Waals surface area contributed by atoms with Crippen LogP contribution in [0.1, 0.15) is 24.0 Å². The first kappa shape index (κ1) is 12.9. The third-order valence-corrected chi connectivity index (χ3v) is 5.01. The molecule has 2 aromatic heterocycles. The topological polar surface area (TPSA) is 65.0 Å². The predicted molar refractivity (Wildman–Crippen MR) is 89.8 cm³/mol. The number of hydrogen-bond donors (Lipinski definition) is 2. The highest BCUT2D eigenvalue weighted by Crippen LogP contribution is 2.44. The largest absolute Gasteiger partial charge is 0.507 e. The molecule has 116 valence electrons. The molecule has 0 bridgehead atoms. The number of pyridine rings is 1. The van der Waals surface area contributed by atoms with Crippen LogP contribution in [0, 0.1) is 0 Å². The first-order chi connectivity index (χ1) is 11.3. The summed E-state index contributed by atoms with van der Waals surface area (Å²) < 4.78 is 0. The molecule has 1 aromatic carbocycles. The molecule has 0 atom stereocenters. The summed E-state index contributed by atoms with van der Waals surface area (Å²) >= 11 is 0. The Morgan fingerprint density at radius 1 is 1.17 bits per heavy atom. The number of phenols is 1. The van der Waals surface area contributed by atoms with E-state index in [4.69, 9.17) is 0 Å². The molecular weight excluding hydrogens is 288 g/mol. The average molecular weight is 306 g/mol. The third kappa shape index (κ3) is 1.86. The van der Waals surface area contributed by atoms with Crippen LogP contribution in [-0.2, 0) is 12.8 Å². The zero-order valence-electron chi connectivity index (χ0n) is 12.8. The maximum atomic E-state index is 10.9. The van der Waals surface area contributed by atoms with Gasteiger partial charge in [0.25, 0.3) is 0 Å². The number of nitrogens with zero attached hydrogens (tertiary/aromatic N) is 3. The molecule has 2 aliphatic rings. The van der Waals surface area contributed by atoms with Gasteiger partial charge in [0.15, 0.2) is 5.65 Å². The second-order valence-electron chi connectivity index (χ2n) is 6.41. The van der Waals surface area contributed by atoms with Gasteiger partial charge in [0.1, 0.15) is 11.6 Å². The van der Waals surface area contributed by atoms with E-state index in [0.29, 0.717) is 17.2 Å². The molecule has 3 aromatic rings. The SMILES string of the molecule is Oc1c(-c2nc3ncccc3[nH]2)cc2c3c1CCCN3CCC2. The van der Waals surface area contributed by atoms with Crippen LogP contribution in [0.3, 0.4) is 0 Å². The predicted octanol–water partition coefficient (Wildman–Crippen LogP) is 3.03. The molecule has 0 amide bonds. The third-order valence-electron chi connectivity index (χ3n) is 5.01. The molecule has 23 heavy (non-hydrogen) atoms. The first-order valence-corrected chi connectivity index (χ1v) is 8.25. The number of phenolic OH excluding ortho intramolecular Hbond substituents is 1. The van der Waals surface area contributed by atoms with Crippen LogP contribution in [-0.4, -0.2) is 33.1 Å². The van der Waals surface area contributed by atoms with Crippen molar-refractivity contribution in [1.29, 1.82) is 0 Å². The van der Waals surface area contributed by atoms with Crippen molar-refractivity contribution in [3.05, 3.63) is 35.5 Å². The Hall–Kier alpha value is -2.56. The van der Waals surface area contributed by atoms with Gasteiger partial charge in [0.05, 0.1) is 11.1 Å². The van der Waals surface area contributed by atoms with Crippen LogP contribution in [0.25, 0.3) is 22.6 Å². The Kier molecular flexibility index (Phi) is 2.65. The second kappa shape index (κ2) is 4.72.